The molecular weight excluding hydrogens is 240 g/mol. The fourth-order valence-electron chi connectivity index (χ4n) is 2.77. The quantitative estimate of drug-likeness (QED) is 0.887. The minimum absolute atomic E-state index is 0.118. The van der Waals surface area contributed by atoms with Gasteiger partial charge in [-0.3, -0.25) is 0 Å². The third-order valence-corrected chi connectivity index (χ3v) is 4.01. The van der Waals surface area contributed by atoms with Crippen molar-refractivity contribution < 1.29 is 9.52 Å². The lowest BCUT2D eigenvalue weighted by atomic mass is 9.76. The van der Waals surface area contributed by atoms with Crippen LogP contribution >= 0.6 is 0 Å². The number of nitrogens with one attached hydrogen (secondary N) is 1. The second kappa shape index (κ2) is 4.85. The molecule has 0 bridgehead atoms. The smallest absolute Gasteiger partial charge is 0.295 e. The molecule has 1 heterocycles. The number of aliphatic hydroxyl groups is 1. The van der Waals surface area contributed by atoms with Gasteiger partial charge in [-0.25, -0.2) is 0 Å². The van der Waals surface area contributed by atoms with Gasteiger partial charge >= 0.3 is 0 Å². The van der Waals surface area contributed by atoms with E-state index in [1.807, 2.05) is 25.1 Å². The van der Waals surface area contributed by atoms with Crippen LogP contribution in [0.5, 0.6) is 0 Å². The summed E-state index contributed by atoms with van der Waals surface area (Å²) in [7, 11) is 0. The van der Waals surface area contributed by atoms with Gasteiger partial charge in [0.1, 0.15) is 5.52 Å². The summed E-state index contributed by atoms with van der Waals surface area (Å²) in [5, 5.41) is 12.8. The molecule has 1 aromatic heterocycles. The lowest BCUT2D eigenvalue weighted by Crippen LogP contribution is -2.40. The number of fused-ring (bicyclic) bond motifs is 1. The number of aromatic nitrogens is 1. The van der Waals surface area contributed by atoms with Crippen molar-refractivity contribution in [3.63, 3.8) is 0 Å². The third-order valence-electron chi connectivity index (χ3n) is 4.01. The van der Waals surface area contributed by atoms with Gasteiger partial charge in [0.05, 0.1) is 6.10 Å². The number of hydrogen-bond acceptors (Lipinski definition) is 4. The number of aliphatic hydroxyl groups excluding tert-OH is 1. The molecule has 0 amide bonds. The van der Waals surface area contributed by atoms with Gasteiger partial charge in [-0.1, -0.05) is 13.0 Å². The molecule has 0 spiro atoms. The minimum atomic E-state index is -0.118. The van der Waals surface area contributed by atoms with Gasteiger partial charge in [-0.05, 0) is 49.8 Å². The van der Waals surface area contributed by atoms with E-state index in [1.54, 1.807) is 0 Å². The Balaban J connectivity index is 1.76. The van der Waals surface area contributed by atoms with E-state index in [2.05, 4.69) is 17.2 Å². The average Bonchev–Trinajstić information content (AvgIpc) is 2.74. The van der Waals surface area contributed by atoms with Gasteiger partial charge in [0, 0.05) is 6.04 Å². The van der Waals surface area contributed by atoms with E-state index in [1.165, 1.54) is 5.56 Å². The number of oxazole rings is 1. The molecule has 2 aromatic rings. The summed E-state index contributed by atoms with van der Waals surface area (Å²) in [6.45, 7) is 4.20. The van der Waals surface area contributed by atoms with Gasteiger partial charge in [0.15, 0.2) is 5.58 Å². The summed E-state index contributed by atoms with van der Waals surface area (Å²) in [6, 6.07) is 6.93. The van der Waals surface area contributed by atoms with E-state index < -0.39 is 0 Å². The Morgan fingerprint density at radius 2 is 2.26 bits per heavy atom. The monoisotopic (exact) mass is 260 g/mol. The molecule has 0 unspecified atom stereocenters. The van der Waals surface area contributed by atoms with Crippen molar-refractivity contribution in [1.29, 1.82) is 0 Å². The van der Waals surface area contributed by atoms with E-state index in [4.69, 9.17) is 4.42 Å². The van der Waals surface area contributed by atoms with Crippen LogP contribution in [0.2, 0.25) is 0 Å². The van der Waals surface area contributed by atoms with E-state index in [9.17, 15) is 5.11 Å². The Morgan fingerprint density at radius 3 is 2.95 bits per heavy atom. The Labute approximate surface area is 112 Å². The standard InChI is InChI=1S/C15H20N2O2/c1-3-12(10-7-11(18)8-10)16-15-17-13-6-9(2)4-5-14(13)19-15/h4-6,10-12,18H,3,7-8H2,1-2H3,(H,16,17)/t10?,11?,12-/m1/s1. The molecule has 1 aliphatic rings. The number of anilines is 1. The Morgan fingerprint density at radius 1 is 1.47 bits per heavy atom. The maximum atomic E-state index is 9.41. The lowest BCUT2D eigenvalue weighted by Gasteiger charge is -2.37. The van der Waals surface area contributed by atoms with Gasteiger partial charge in [-0.2, -0.15) is 4.98 Å². The van der Waals surface area contributed by atoms with Crippen LogP contribution in [0.3, 0.4) is 0 Å². The van der Waals surface area contributed by atoms with Crippen LogP contribution in [0.15, 0.2) is 22.6 Å². The molecule has 1 aliphatic carbocycles. The first-order chi connectivity index (χ1) is 9.15. The summed E-state index contributed by atoms with van der Waals surface area (Å²) in [5.41, 5.74) is 2.89. The molecule has 102 valence electrons. The average molecular weight is 260 g/mol. The van der Waals surface area contributed by atoms with Crippen molar-refractivity contribution in [2.24, 2.45) is 5.92 Å². The summed E-state index contributed by atoms with van der Waals surface area (Å²) in [6.07, 6.45) is 2.65. The predicted molar refractivity (Wildman–Crippen MR) is 75.2 cm³/mol. The lowest BCUT2D eigenvalue weighted by molar-refractivity contribution is 0.0333. The SMILES string of the molecule is CC[C@@H](Nc1nc2cc(C)ccc2o1)C1CC(O)C1. The van der Waals surface area contributed by atoms with Crippen molar-refractivity contribution >= 4 is 17.1 Å². The van der Waals surface area contributed by atoms with E-state index >= 15 is 0 Å². The molecule has 19 heavy (non-hydrogen) atoms. The number of benzene rings is 1. The minimum Gasteiger partial charge on any atom is -0.424 e. The molecular formula is C15H20N2O2. The maximum absolute atomic E-state index is 9.41. The molecule has 3 rings (SSSR count). The molecule has 0 aliphatic heterocycles. The second-order valence-corrected chi connectivity index (χ2v) is 5.53. The highest BCUT2D eigenvalue weighted by Crippen LogP contribution is 2.33. The largest absolute Gasteiger partial charge is 0.424 e. The molecule has 1 aromatic carbocycles. The third kappa shape index (κ3) is 2.45. The van der Waals surface area contributed by atoms with Crippen LogP contribution in [-0.4, -0.2) is 22.2 Å². The van der Waals surface area contributed by atoms with Crippen LogP contribution in [0.1, 0.15) is 31.7 Å². The van der Waals surface area contributed by atoms with Crippen LogP contribution in [0.4, 0.5) is 6.01 Å². The summed E-state index contributed by atoms with van der Waals surface area (Å²) in [4.78, 5) is 4.48. The van der Waals surface area contributed by atoms with Crippen LogP contribution in [-0.2, 0) is 0 Å². The molecule has 1 saturated carbocycles. The first kappa shape index (κ1) is 12.5. The number of hydrogen-bond donors (Lipinski definition) is 2. The first-order valence-electron chi connectivity index (χ1n) is 6.97. The molecule has 4 nitrogen and oxygen atoms in total. The Hall–Kier alpha value is -1.55. The molecule has 0 radical (unpaired) electrons. The fraction of sp³-hybridized carbons (Fsp3) is 0.533. The number of rotatable bonds is 4. The number of aryl methyl sites for hydroxylation is 1. The Bertz CT molecular complexity index is 573. The highest BCUT2D eigenvalue weighted by atomic mass is 16.4. The highest BCUT2D eigenvalue weighted by molar-refractivity contribution is 5.75. The normalized spacial score (nSPS) is 24.2. The maximum Gasteiger partial charge on any atom is 0.295 e. The molecule has 2 N–H and O–H groups in total. The van der Waals surface area contributed by atoms with Crippen LogP contribution in [0, 0.1) is 12.8 Å². The summed E-state index contributed by atoms with van der Waals surface area (Å²) < 4.78 is 5.72. The Kier molecular flexibility index (Phi) is 3.19. The van der Waals surface area contributed by atoms with Crippen molar-refractivity contribution in [2.75, 3.05) is 5.32 Å². The van der Waals surface area contributed by atoms with Gasteiger partial charge < -0.3 is 14.8 Å². The van der Waals surface area contributed by atoms with Crippen molar-refractivity contribution in [3.8, 4) is 0 Å². The van der Waals surface area contributed by atoms with Crippen LogP contribution < -0.4 is 5.32 Å². The van der Waals surface area contributed by atoms with Gasteiger partial charge in [0.25, 0.3) is 6.01 Å². The zero-order chi connectivity index (χ0) is 13.4. The second-order valence-electron chi connectivity index (χ2n) is 5.53. The zero-order valence-electron chi connectivity index (χ0n) is 11.4. The summed E-state index contributed by atoms with van der Waals surface area (Å²) >= 11 is 0. The van der Waals surface area contributed by atoms with Gasteiger partial charge in [0.2, 0.25) is 0 Å². The predicted octanol–water partition coefficient (Wildman–Crippen LogP) is 3.10. The number of nitrogens with zero attached hydrogens (tertiary/aromatic N) is 1. The topological polar surface area (TPSA) is 58.3 Å². The van der Waals surface area contributed by atoms with Gasteiger partial charge in [-0.15, -0.1) is 0 Å². The van der Waals surface area contributed by atoms with Crippen molar-refractivity contribution in [3.05, 3.63) is 23.8 Å². The first-order valence-corrected chi connectivity index (χ1v) is 6.97. The van der Waals surface area contributed by atoms with E-state index in [0.29, 0.717) is 18.0 Å². The van der Waals surface area contributed by atoms with Crippen molar-refractivity contribution in [1.82, 2.24) is 4.98 Å². The van der Waals surface area contributed by atoms with E-state index in [0.717, 1.165) is 30.4 Å². The zero-order valence-corrected chi connectivity index (χ0v) is 11.4. The van der Waals surface area contributed by atoms with E-state index in [-0.39, 0.29) is 6.10 Å². The molecule has 1 atom stereocenters. The highest BCUT2D eigenvalue weighted by Gasteiger charge is 2.33. The molecule has 1 fully saturated rings. The van der Waals surface area contributed by atoms with Crippen molar-refractivity contribution in [2.45, 2.75) is 45.3 Å². The van der Waals surface area contributed by atoms with Crippen LogP contribution in [0.25, 0.3) is 11.1 Å². The molecule has 0 saturated heterocycles. The molecule has 4 heteroatoms. The fourth-order valence-corrected chi connectivity index (χ4v) is 2.77. The summed E-state index contributed by atoms with van der Waals surface area (Å²) in [5.74, 6) is 0.525.